The number of hydrogen-bond donors (Lipinski definition) is 1. The topological polar surface area (TPSA) is 144 Å². The van der Waals surface area contributed by atoms with Gasteiger partial charge in [-0.25, -0.2) is 17.2 Å². The Kier molecular flexibility index (Phi) is 6.97. The lowest BCUT2D eigenvalue weighted by Crippen LogP contribution is -2.33. The minimum Gasteiger partial charge on any atom is -0.270 e. The zero-order valence-electron chi connectivity index (χ0n) is 23.3. The summed E-state index contributed by atoms with van der Waals surface area (Å²) in [6, 6.07) is 13.9. The molecule has 3 heterocycles. The molecule has 0 radical (unpaired) electrons. The summed E-state index contributed by atoms with van der Waals surface area (Å²) in [5.41, 5.74) is 4.31. The van der Waals surface area contributed by atoms with Crippen LogP contribution < -0.4 is 11.2 Å². The molecule has 208 valence electrons. The van der Waals surface area contributed by atoms with Crippen molar-refractivity contribution in [1.82, 2.24) is 23.7 Å². The van der Waals surface area contributed by atoms with E-state index in [1.807, 2.05) is 40.7 Å². The number of benzene rings is 2. The molecule has 0 aliphatic rings. The van der Waals surface area contributed by atoms with Crippen molar-refractivity contribution in [2.24, 2.45) is 0 Å². The van der Waals surface area contributed by atoms with Gasteiger partial charge in [-0.1, -0.05) is 31.5 Å². The number of nitrogens with one attached hydrogen (secondary N) is 1. The fourth-order valence-corrected chi connectivity index (χ4v) is 6.31. The Morgan fingerprint density at radius 3 is 2.29 bits per heavy atom. The van der Waals surface area contributed by atoms with Crippen LogP contribution in [0.15, 0.2) is 69.3 Å². The molecule has 0 saturated heterocycles. The second kappa shape index (κ2) is 10.3. The predicted octanol–water partition coefficient (Wildman–Crippen LogP) is 4.02. The van der Waals surface area contributed by atoms with E-state index < -0.39 is 27.0 Å². The molecule has 0 spiro atoms. The molecule has 0 aliphatic carbocycles. The highest BCUT2D eigenvalue weighted by Crippen LogP contribution is 2.32. The van der Waals surface area contributed by atoms with Gasteiger partial charge in [-0.15, -0.1) is 5.10 Å². The van der Waals surface area contributed by atoms with E-state index in [4.69, 9.17) is 5.26 Å². The second-order valence-electron chi connectivity index (χ2n) is 10.4. The van der Waals surface area contributed by atoms with Crippen molar-refractivity contribution in [2.75, 3.05) is 0 Å². The van der Waals surface area contributed by atoms with E-state index in [0.29, 0.717) is 17.6 Å². The number of rotatable bonds is 6. The standard InChI is InChI=1S/C30H28N6O4S/c1-17(2)26-16-35(41(39,40)23-8-6-18(3)7-9-23)28-15-32-21(13-25(26)28)12-24-19(4)10-22(11-20(24)5)36-30(38)33-29(37)27(14-31)34-36/h6-11,13,15-17H,12H2,1-5H3,(H,33,37,38). The average Bonchev–Trinajstić information content (AvgIpc) is 3.31. The maximum absolute atomic E-state index is 13.6. The van der Waals surface area contributed by atoms with E-state index in [2.05, 4.69) is 15.1 Å². The minimum atomic E-state index is -3.82. The third-order valence-electron chi connectivity index (χ3n) is 7.16. The molecule has 0 unspecified atom stereocenters. The summed E-state index contributed by atoms with van der Waals surface area (Å²) in [7, 11) is -3.82. The van der Waals surface area contributed by atoms with E-state index in [-0.39, 0.29) is 10.8 Å². The Hall–Kier alpha value is -4.82. The van der Waals surface area contributed by atoms with Gasteiger partial charge in [0.25, 0.3) is 15.6 Å². The van der Waals surface area contributed by atoms with Gasteiger partial charge < -0.3 is 0 Å². The van der Waals surface area contributed by atoms with Gasteiger partial charge >= 0.3 is 5.69 Å². The van der Waals surface area contributed by atoms with Crippen molar-refractivity contribution in [3.8, 4) is 11.8 Å². The van der Waals surface area contributed by atoms with Crippen LogP contribution in [-0.4, -0.2) is 32.1 Å². The zero-order chi connectivity index (χ0) is 29.6. The van der Waals surface area contributed by atoms with E-state index in [1.165, 1.54) is 3.97 Å². The number of H-pyrrole nitrogens is 1. The maximum atomic E-state index is 13.6. The highest BCUT2D eigenvalue weighted by atomic mass is 32.2. The molecule has 1 N–H and O–H groups in total. The number of aromatic amines is 1. The molecule has 0 aliphatic heterocycles. The first-order chi connectivity index (χ1) is 19.4. The molecular weight excluding hydrogens is 540 g/mol. The normalized spacial score (nSPS) is 11.7. The van der Waals surface area contributed by atoms with Crippen molar-refractivity contribution >= 4 is 20.9 Å². The smallest absolute Gasteiger partial charge is 0.270 e. The summed E-state index contributed by atoms with van der Waals surface area (Å²) in [6.07, 6.45) is 3.76. The van der Waals surface area contributed by atoms with Crippen molar-refractivity contribution in [3.63, 3.8) is 0 Å². The van der Waals surface area contributed by atoms with Crippen molar-refractivity contribution < 1.29 is 8.42 Å². The van der Waals surface area contributed by atoms with Crippen LogP contribution in [0.4, 0.5) is 0 Å². The molecule has 11 heteroatoms. The maximum Gasteiger partial charge on any atom is 0.349 e. The Morgan fingerprint density at radius 2 is 1.68 bits per heavy atom. The lowest BCUT2D eigenvalue weighted by Gasteiger charge is -2.14. The Balaban J connectivity index is 1.56. The third kappa shape index (κ3) is 4.98. The number of aryl methyl sites for hydroxylation is 3. The van der Waals surface area contributed by atoms with Crippen LogP contribution in [0.1, 0.15) is 59.0 Å². The number of nitrogens with zero attached hydrogens (tertiary/aromatic N) is 5. The summed E-state index contributed by atoms with van der Waals surface area (Å²) >= 11 is 0. The van der Waals surface area contributed by atoms with Gasteiger partial charge in [0.1, 0.15) is 6.07 Å². The van der Waals surface area contributed by atoms with E-state index in [1.54, 1.807) is 54.9 Å². The highest BCUT2D eigenvalue weighted by molar-refractivity contribution is 7.90. The van der Waals surface area contributed by atoms with Gasteiger partial charge in [-0.05, 0) is 79.3 Å². The van der Waals surface area contributed by atoms with Crippen LogP contribution in [0.3, 0.4) is 0 Å². The number of fused-ring (bicyclic) bond motifs is 1. The molecule has 41 heavy (non-hydrogen) atoms. The van der Waals surface area contributed by atoms with Crippen molar-refractivity contribution in [1.29, 1.82) is 5.26 Å². The van der Waals surface area contributed by atoms with Crippen LogP contribution in [0.25, 0.3) is 16.6 Å². The fourth-order valence-electron chi connectivity index (χ4n) is 4.94. The first kappa shape index (κ1) is 27.7. The number of pyridine rings is 1. The van der Waals surface area contributed by atoms with E-state index in [9.17, 15) is 18.0 Å². The quantitative estimate of drug-likeness (QED) is 0.326. The summed E-state index contributed by atoms with van der Waals surface area (Å²) in [5.74, 6) is 0.0754. The van der Waals surface area contributed by atoms with Gasteiger partial charge in [0.15, 0.2) is 0 Å². The fraction of sp³-hybridized carbons (Fsp3) is 0.233. The van der Waals surface area contributed by atoms with Gasteiger partial charge in [0.05, 0.1) is 22.3 Å². The van der Waals surface area contributed by atoms with Crippen LogP contribution in [0, 0.1) is 32.1 Å². The van der Waals surface area contributed by atoms with Gasteiger partial charge in [-0.3, -0.25) is 14.8 Å². The number of nitriles is 1. The van der Waals surface area contributed by atoms with Gasteiger partial charge in [0, 0.05) is 23.7 Å². The molecule has 0 fully saturated rings. The lowest BCUT2D eigenvalue weighted by molar-refractivity contribution is 0.589. The molecule has 2 aromatic carbocycles. The summed E-state index contributed by atoms with van der Waals surface area (Å²) < 4.78 is 29.4. The van der Waals surface area contributed by atoms with Crippen LogP contribution >= 0.6 is 0 Å². The van der Waals surface area contributed by atoms with Crippen LogP contribution in [0.2, 0.25) is 0 Å². The Bertz CT molecular complexity index is 2070. The monoisotopic (exact) mass is 568 g/mol. The molecule has 0 atom stereocenters. The number of hydrogen-bond acceptors (Lipinski definition) is 7. The summed E-state index contributed by atoms with van der Waals surface area (Å²) in [6.45, 7) is 9.75. The second-order valence-corrected chi connectivity index (χ2v) is 12.2. The largest absolute Gasteiger partial charge is 0.349 e. The molecule has 5 aromatic rings. The Labute approximate surface area is 236 Å². The zero-order valence-corrected chi connectivity index (χ0v) is 24.1. The van der Waals surface area contributed by atoms with E-state index in [0.717, 1.165) is 43.6 Å². The minimum absolute atomic E-state index is 0.0754. The number of aromatic nitrogens is 5. The van der Waals surface area contributed by atoms with Gasteiger partial charge in [-0.2, -0.15) is 9.94 Å². The van der Waals surface area contributed by atoms with E-state index >= 15 is 0 Å². The molecule has 0 bridgehead atoms. The average molecular weight is 569 g/mol. The summed E-state index contributed by atoms with van der Waals surface area (Å²) in [5, 5.41) is 13.9. The predicted molar refractivity (Wildman–Crippen MR) is 155 cm³/mol. The molecular formula is C30H28N6O4S. The highest BCUT2D eigenvalue weighted by Gasteiger charge is 2.23. The molecule has 5 rings (SSSR count). The van der Waals surface area contributed by atoms with Crippen LogP contribution in [-0.2, 0) is 16.4 Å². The molecule has 3 aromatic heterocycles. The lowest BCUT2D eigenvalue weighted by atomic mass is 9.96. The third-order valence-corrected chi connectivity index (χ3v) is 8.85. The SMILES string of the molecule is Cc1ccc(S(=O)(=O)n2cc(C(C)C)c3cc(Cc4c(C)cc(-n5nc(C#N)c(=O)[nH]c5=O)cc4C)ncc32)cc1. The van der Waals surface area contributed by atoms with Crippen molar-refractivity contribution in [2.45, 2.75) is 51.9 Å². The molecule has 10 nitrogen and oxygen atoms in total. The van der Waals surface area contributed by atoms with Crippen LogP contribution in [0.5, 0.6) is 0 Å². The first-order valence-electron chi connectivity index (χ1n) is 13.0. The summed E-state index contributed by atoms with van der Waals surface area (Å²) in [4.78, 5) is 31.1. The molecule has 0 amide bonds. The Morgan fingerprint density at radius 1 is 1.02 bits per heavy atom. The van der Waals surface area contributed by atoms with Crippen molar-refractivity contribution in [3.05, 3.63) is 115 Å². The first-order valence-corrected chi connectivity index (χ1v) is 14.4. The molecule has 0 saturated carbocycles. The van der Waals surface area contributed by atoms with Gasteiger partial charge in [0.2, 0.25) is 5.69 Å².